The highest BCUT2D eigenvalue weighted by Gasteiger charge is 2.18. The van der Waals surface area contributed by atoms with Crippen LogP contribution in [-0.4, -0.2) is 21.7 Å². The summed E-state index contributed by atoms with van der Waals surface area (Å²) < 4.78 is 7.20. The van der Waals surface area contributed by atoms with Crippen LogP contribution in [0.25, 0.3) is 10.9 Å². The third-order valence-corrected chi connectivity index (χ3v) is 3.15. The molecule has 5 nitrogen and oxygen atoms in total. The number of aromatic nitrogens is 1. The molecular formula is C14H14ClNO4. The maximum atomic E-state index is 12.2. The second-order valence-corrected chi connectivity index (χ2v) is 5.13. The summed E-state index contributed by atoms with van der Waals surface area (Å²) in [6.45, 7) is 3.73. The van der Waals surface area contributed by atoms with Crippen LogP contribution in [0, 0.1) is 0 Å². The summed E-state index contributed by atoms with van der Waals surface area (Å²) in [7, 11) is 1.65. The molecule has 0 fully saturated rings. The molecule has 1 aromatic heterocycles. The van der Waals surface area contributed by atoms with E-state index in [0.717, 1.165) is 0 Å². The molecule has 0 atom stereocenters. The smallest absolute Gasteiger partial charge is 0.341 e. The van der Waals surface area contributed by atoms with E-state index in [1.165, 1.54) is 12.3 Å². The number of carbonyl (C=O) groups is 1. The number of aryl methyl sites for hydroxylation is 1. The summed E-state index contributed by atoms with van der Waals surface area (Å²) in [6.07, 6.45) is 1.20. The number of hydrogen-bond acceptors (Lipinski definition) is 3. The molecule has 0 amide bonds. The first-order valence-electron chi connectivity index (χ1n) is 6.04. The van der Waals surface area contributed by atoms with Gasteiger partial charge < -0.3 is 14.4 Å². The third kappa shape index (κ3) is 2.36. The molecule has 1 heterocycles. The molecule has 6 heteroatoms. The minimum absolute atomic E-state index is 0.0753. The molecule has 20 heavy (non-hydrogen) atoms. The van der Waals surface area contributed by atoms with Crippen molar-refractivity contribution < 1.29 is 14.6 Å². The summed E-state index contributed by atoms with van der Waals surface area (Å²) in [5, 5.41) is 9.44. The van der Waals surface area contributed by atoms with E-state index in [0.29, 0.717) is 11.3 Å². The zero-order valence-corrected chi connectivity index (χ0v) is 12.1. The topological polar surface area (TPSA) is 68.5 Å². The molecule has 0 unspecified atom stereocenters. The van der Waals surface area contributed by atoms with Gasteiger partial charge in [0.05, 0.1) is 22.0 Å². The van der Waals surface area contributed by atoms with Gasteiger partial charge in [0.1, 0.15) is 11.3 Å². The van der Waals surface area contributed by atoms with E-state index in [1.54, 1.807) is 17.7 Å². The minimum atomic E-state index is -1.28. The molecule has 0 saturated heterocycles. The highest BCUT2D eigenvalue weighted by atomic mass is 35.5. The van der Waals surface area contributed by atoms with Crippen molar-refractivity contribution in [1.29, 1.82) is 0 Å². The molecule has 0 aliphatic carbocycles. The van der Waals surface area contributed by atoms with Gasteiger partial charge in [0.2, 0.25) is 5.43 Å². The molecule has 0 radical (unpaired) electrons. The maximum Gasteiger partial charge on any atom is 0.341 e. The molecule has 0 aliphatic heterocycles. The Labute approximate surface area is 120 Å². The molecule has 0 aliphatic rings. The Balaban J connectivity index is 2.91. The van der Waals surface area contributed by atoms with Crippen molar-refractivity contribution in [3.05, 3.63) is 39.1 Å². The maximum absolute atomic E-state index is 12.2. The van der Waals surface area contributed by atoms with Gasteiger partial charge in [-0.05, 0) is 26.0 Å². The van der Waals surface area contributed by atoms with E-state index in [1.807, 2.05) is 13.8 Å². The first-order valence-corrected chi connectivity index (χ1v) is 6.42. The molecule has 1 N–H and O–H groups in total. The predicted octanol–water partition coefficient (Wildman–Crippen LogP) is 2.68. The Bertz CT molecular complexity index is 749. The van der Waals surface area contributed by atoms with Crippen LogP contribution < -0.4 is 10.2 Å². The number of nitrogens with zero attached hydrogens (tertiary/aromatic N) is 1. The zero-order valence-electron chi connectivity index (χ0n) is 11.3. The number of hydrogen-bond donors (Lipinski definition) is 1. The third-order valence-electron chi connectivity index (χ3n) is 2.83. The fraction of sp³-hybridized carbons (Fsp3) is 0.286. The second-order valence-electron chi connectivity index (χ2n) is 4.72. The molecule has 0 bridgehead atoms. The highest BCUT2D eigenvalue weighted by molar-refractivity contribution is 6.35. The molecule has 1 aromatic carbocycles. The van der Waals surface area contributed by atoms with Gasteiger partial charge in [-0.2, -0.15) is 0 Å². The SMILES string of the molecule is CC(C)Oc1ccc(Cl)c2c(=O)c(C(=O)O)cn(C)c12. The number of carboxylic acids is 1. The average molecular weight is 296 g/mol. The van der Waals surface area contributed by atoms with E-state index in [4.69, 9.17) is 21.4 Å². The minimum Gasteiger partial charge on any atom is -0.489 e. The van der Waals surface area contributed by atoms with Crippen molar-refractivity contribution in [2.24, 2.45) is 7.05 Å². The molecule has 2 rings (SSSR count). The molecule has 0 spiro atoms. The van der Waals surface area contributed by atoms with E-state index >= 15 is 0 Å². The first kappa shape index (κ1) is 14.4. The number of pyridine rings is 1. The Morgan fingerprint density at radius 2 is 2.05 bits per heavy atom. The van der Waals surface area contributed by atoms with Crippen molar-refractivity contribution in [2.75, 3.05) is 0 Å². The number of ether oxygens (including phenoxy) is 1. The van der Waals surface area contributed by atoms with Gasteiger partial charge in [0.15, 0.2) is 0 Å². The lowest BCUT2D eigenvalue weighted by Crippen LogP contribution is -2.19. The Hall–Kier alpha value is -2.01. The molecule has 106 valence electrons. The number of carboxylic acid groups (broad SMARTS) is 1. The Morgan fingerprint density at radius 3 is 2.60 bits per heavy atom. The number of halogens is 1. The second kappa shape index (κ2) is 5.17. The molecular weight excluding hydrogens is 282 g/mol. The van der Waals surface area contributed by atoms with Crippen LogP contribution in [0.2, 0.25) is 5.02 Å². The van der Waals surface area contributed by atoms with E-state index in [-0.39, 0.29) is 22.1 Å². The van der Waals surface area contributed by atoms with Gasteiger partial charge in [-0.3, -0.25) is 4.79 Å². The van der Waals surface area contributed by atoms with Crippen LogP contribution in [0.5, 0.6) is 5.75 Å². The van der Waals surface area contributed by atoms with E-state index in [2.05, 4.69) is 0 Å². The van der Waals surface area contributed by atoms with E-state index < -0.39 is 11.4 Å². The molecule has 2 aromatic rings. The number of fused-ring (bicyclic) bond motifs is 1. The quantitative estimate of drug-likeness (QED) is 0.945. The van der Waals surface area contributed by atoms with Gasteiger partial charge >= 0.3 is 5.97 Å². The van der Waals surface area contributed by atoms with Gasteiger partial charge in [0.25, 0.3) is 0 Å². The van der Waals surface area contributed by atoms with Crippen molar-refractivity contribution in [3.8, 4) is 5.75 Å². The summed E-state index contributed by atoms with van der Waals surface area (Å²) in [5.74, 6) is -0.783. The van der Waals surface area contributed by atoms with Crippen LogP contribution in [-0.2, 0) is 7.05 Å². The zero-order chi connectivity index (χ0) is 15.0. The van der Waals surface area contributed by atoms with Crippen LogP contribution in [0.1, 0.15) is 24.2 Å². The van der Waals surface area contributed by atoms with Gasteiger partial charge in [-0.1, -0.05) is 11.6 Å². The fourth-order valence-corrected chi connectivity index (χ4v) is 2.30. The molecule has 0 saturated carbocycles. The fourth-order valence-electron chi connectivity index (χ4n) is 2.07. The van der Waals surface area contributed by atoms with Crippen LogP contribution >= 0.6 is 11.6 Å². The number of benzene rings is 1. The summed E-state index contributed by atoms with van der Waals surface area (Å²) >= 11 is 6.06. The Morgan fingerprint density at radius 1 is 1.40 bits per heavy atom. The van der Waals surface area contributed by atoms with Gasteiger partial charge in [-0.25, -0.2) is 4.79 Å². The van der Waals surface area contributed by atoms with Gasteiger partial charge in [-0.15, -0.1) is 0 Å². The highest BCUT2D eigenvalue weighted by Crippen LogP contribution is 2.30. The predicted molar refractivity (Wildman–Crippen MR) is 76.9 cm³/mol. The van der Waals surface area contributed by atoms with Crippen molar-refractivity contribution in [2.45, 2.75) is 20.0 Å². The van der Waals surface area contributed by atoms with Gasteiger partial charge in [0, 0.05) is 13.2 Å². The lowest BCUT2D eigenvalue weighted by molar-refractivity contribution is 0.0695. The van der Waals surface area contributed by atoms with Crippen molar-refractivity contribution in [3.63, 3.8) is 0 Å². The standard InChI is InChI=1S/C14H14ClNO4/c1-7(2)20-10-5-4-9(15)11-12(10)16(3)6-8(13(11)17)14(18)19/h4-7H,1-3H3,(H,18,19). The lowest BCUT2D eigenvalue weighted by atomic mass is 10.1. The Kier molecular flexibility index (Phi) is 3.72. The normalized spacial score (nSPS) is 11.1. The number of aromatic carboxylic acids is 1. The summed E-state index contributed by atoms with van der Waals surface area (Å²) in [4.78, 5) is 23.4. The van der Waals surface area contributed by atoms with Crippen molar-refractivity contribution in [1.82, 2.24) is 4.57 Å². The lowest BCUT2D eigenvalue weighted by Gasteiger charge is -2.16. The van der Waals surface area contributed by atoms with E-state index in [9.17, 15) is 9.59 Å². The largest absolute Gasteiger partial charge is 0.489 e. The van der Waals surface area contributed by atoms with Crippen LogP contribution in [0.15, 0.2) is 23.1 Å². The monoisotopic (exact) mass is 295 g/mol. The van der Waals surface area contributed by atoms with Crippen LogP contribution in [0.3, 0.4) is 0 Å². The summed E-state index contributed by atoms with van der Waals surface area (Å²) in [6, 6.07) is 3.21. The summed E-state index contributed by atoms with van der Waals surface area (Å²) in [5.41, 5.74) is -0.436. The van der Waals surface area contributed by atoms with Crippen LogP contribution in [0.4, 0.5) is 0 Å². The van der Waals surface area contributed by atoms with Crippen molar-refractivity contribution >= 4 is 28.5 Å². The average Bonchev–Trinajstić information content (AvgIpc) is 2.34. The number of rotatable bonds is 3. The first-order chi connectivity index (χ1) is 9.32.